The van der Waals surface area contributed by atoms with Gasteiger partial charge in [0, 0.05) is 29.4 Å². The monoisotopic (exact) mass is 287 g/mol. The number of halogens is 1. The second kappa shape index (κ2) is 5.83. The van der Waals surface area contributed by atoms with Crippen molar-refractivity contribution in [1.29, 1.82) is 0 Å². The fourth-order valence-electron chi connectivity index (χ4n) is 1.90. The van der Waals surface area contributed by atoms with Crippen LogP contribution in [-0.2, 0) is 0 Å². The highest BCUT2D eigenvalue weighted by molar-refractivity contribution is 6.49. The zero-order chi connectivity index (χ0) is 15.6. The first kappa shape index (κ1) is 14.8. The number of nitrogens with zero attached hydrogens (tertiary/aromatic N) is 1. The Morgan fingerprint density at radius 1 is 0.952 bits per heavy atom. The number of benzene rings is 1. The van der Waals surface area contributed by atoms with E-state index >= 15 is 0 Å². The number of Topliss-reactive ketones (excluding diaryl/α,β-unsaturated/α-hetero) is 2. The molecule has 0 spiro atoms. The highest BCUT2D eigenvalue weighted by atomic mass is 19.1. The molecule has 0 fully saturated rings. The maximum Gasteiger partial charge on any atom is 0.250 e. The molecule has 0 N–H and O–H groups in total. The predicted octanol–water partition coefficient (Wildman–Crippen LogP) is 2.63. The Morgan fingerprint density at radius 3 is 2.05 bits per heavy atom. The van der Waals surface area contributed by atoms with Gasteiger partial charge in [0.05, 0.1) is 0 Å². The van der Waals surface area contributed by atoms with Gasteiger partial charge in [0.15, 0.2) is 0 Å². The van der Waals surface area contributed by atoms with E-state index < -0.39 is 17.4 Å². The Kier molecular flexibility index (Phi) is 4.12. The normalized spacial score (nSPS) is 10.7. The summed E-state index contributed by atoms with van der Waals surface area (Å²) in [6.07, 6.45) is 1.37. The summed E-state index contributed by atoms with van der Waals surface area (Å²) < 4.78 is 14.2. The lowest BCUT2D eigenvalue weighted by Crippen LogP contribution is -2.23. The predicted molar refractivity (Wildman–Crippen MR) is 76.1 cm³/mol. The number of rotatable bonds is 4. The zero-order valence-electron chi connectivity index (χ0n) is 11.7. The van der Waals surface area contributed by atoms with Crippen LogP contribution in [0.5, 0.6) is 0 Å². The molecular formula is C16H14FNO3. The minimum atomic E-state index is -0.732. The van der Waals surface area contributed by atoms with Gasteiger partial charge in [0.1, 0.15) is 5.82 Å². The third-order valence-electron chi connectivity index (χ3n) is 3.07. The van der Waals surface area contributed by atoms with E-state index in [4.69, 9.17) is 0 Å². The van der Waals surface area contributed by atoms with Gasteiger partial charge in [-0.2, -0.15) is 0 Å². The molecule has 1 heterocycles. The van der Waals surface area contributed by atoms with Crippen LogP contribution in [0.4, 0.5) is 4.39 Å². The van der Waals surface area contributed by atoms with Gasteiger partial charge in [0.25, 0.3) is 5.56 Å². The van der Waals surface area contributed by atoms with Crippen molar-refractivity contribution in [2.24, 2.45) is 0 Å². The molecule has 0 aliphatic rings. The van der Waals surface area contributed by atoms with Crippen LogP contribution in [0.3, 0.4) is 0 Å². The number of carbonyl (C=O) groups excluding carboxylic acids is 2. The first-order valence-electron chi connectivity index (χ1n) is 6.47. The third kappa shape index (κ3) is 3.13. The molecule has 1 aromatic carbocycles. The highest BCUT2D eigenvalue weighted by Gasteiger charge is 2.19. The third-order valence-corrected chi connectivity index (χ3v) is 3.07. The Morgan fingerprint density at radius 2 is 1.48 bits per heavy atom. The molecule has 0 aliphatic heterocycles. The van der Waals surface area contributed by atoms with Crippen LogP contribution in [0, 0.1) is 5.82 Å². The van der Waals surface area contributed by atoms with Crippen molar-refractivity contribution in [2.45, 2.75) is 19.9 Å². The maximum absolute atomic E-state index is 12.8. The standard InChI is InChI=1S/C16H14FNO3/c1-10(2)18-9-12(5-8-14(18)19)16(21)15(20)11-3-6-13(17)7-4-11/h3-10H,1-2H3. The van der Waals surface area contributed by atoms with Crippen LogP contribution in [0.25, 0.3) is 0 Å². The maximum atomic E-state index is 12.8. The van der Waals surface area contributed by atoms with Gasteiger partial charge in [-0.3, -0.25) is 14.4 Å². The summed E-state index contributed by atoms with van der Waals surface area (Å²) in [5.41, 5.74) is 0.0112. The zero-order valence-corrected chi connectivity index (χ0v) is 11.7. The Hall–Kier alpha value is -2.56. The average Bonchev–Trinajstić information content (AvgIpc) is 2.46. The van der Waals surface area contributed by atoms with E-state index in [2.05, 4.69) is 0 Å². The highest BCUT2D eigenvalue weighted by Crippen LogP contribution is 2.10. The van der Waals surface area contributed by atoms with Crippen molar-refractivity contribution in [1.82, 2.24) is 4.57 Å². The average molecular weight is 287 g/mol. The van der Waals surface area contributed by atoms with Crippen molar-refractivity contribution in [3.8, 4) is 0 Å². The minimum Gasteiger partial charge on any atom is -0.312 e. The quantitative estimate of drug-likeness (QED) is 0.641. The first-order chi connectivity index (χ1) is 9.90. The number of pyridine rings is 1. The molecular weight excluding hydrogens is 273 g/mol. The molecule has 0 atom stereocenters. The Bertz CT molecular complexity index is 745. The van der Waals surface area contributed by atoms with Crippen LogP contribution in [0.1, 0.15) is 40.6 Å². The van der Waals surface area contributed by atoms with Crippen LogP contribution in [0.15, 0.2) is 47.4 Å². The number of hydrogen-bond acceptors (Lipinski definition) is 3. The Labute approximate surface area is 120 Å². The topological polar surface area (TPSA) is 56.1 Å². The van der Waals surface area contributed by atoms with E-state index in [0.717, 1.165) is 12.1 Å². The van der Waals surface area contributed by atoms with Gasteiger partial charge >= 0.3 is 0 Å². The van der Waals surface area contributed by atoms with Crippen LogP contribution < -0.4 is 5.56 Å². The molecule has 2 aromatic rings. The summed E-state index contributed by atoms with van der Waals surface area (Å²) in [7, 11) is 0. The molecule has 0 aliphatic carbocycles. The second-order valence-corrected chi connectivity index (χ2v) is 4.92. The van der Waals surface area contributed by atoms with Gasteiger partial charge < -0.3 is 4.57 Å². The molecule has 2 rings (SSSR count). The van der Waals surface area contributed by atoms with Gasteiger partial charge in [-0.25, -0.2) is 4.39 Å². The summed E-state index contributed by atoms with van der Waals surface area (Å²) >= 11 is 0. The lowest BCUT2D eigenvalue weighted by atomic mass is 10.0. The molecule has 0 unspecified atom stereocenters. The summed E-state index contributed by atoms with van der Waals surface area (Å²) in [4.78, 5) is 35.9. The van der Waals surface area contributed by atoms with Crippen molar-refractivity contribution in [2.75, 3.05) is 0 Å². The molecule has 21 heavy (non-hydrogen) atoms. The van der Waals surface area contributed by atoms with Crippen LogP contribution >= 0.6 is 0 Å². The smallest absolute Gasteiger partial charge is 0.250 e. The molecule has 0 saturated heterocycles. The molecule has 4 nitrogen and oxygen atoms in total. The van der Waals surface area contributed by atoms with E-state index in [-0.39, 0.29) is 22.7 Å². The number of hydrogen-bond donors (Lipinski definition) is 0. The van der Waals surface area contributed by atoms with Gasteiger partial charge in [-0.1, -0.05) is 0 Å². The fraction of sp³-hybridized carbons (Fsp3) is 0.188. The molecule has 0 bridgehead atoms. The molecule has 0 amide bonds. The van der Waals surface area contributed by atoms with Crippen molar-refractivity contribution < 1.29 is 14.0 Å². The largest absolute Gasteiger partial charge is 0.312 e. The number of ketones is 2. The number of carbonyl (C=O) groups is 2. The number of aromatic nitrogens is 1. The van der Waals surface area contributed by atoms with Crippen LogP contribution in [-0.4, -0.2) is 16.1 Å². The SMILES string of the molecule is CC(C)n1cc(C(=O)C(=O)c2ccc(F)cc2)ccc1=O. The van der Waals surface area contributed by atoms with E-state index in [1.165, 1.54) is 35.0 Å². The second-order valence-electron chi connectivity index (χ2n) is 4.92. The van der Waals surface area contributed by atoms with E-state index in [1.807, 2.05) is 0 Å². The van der Waals surface area contributed by atoms with E-state index in [0.29, 0.717) is 0 Å². The molecule has 1 aromatic heterocycles. The van der Waals surface area contributed by atoms with E-state index in [9.17, 15) is 18.8 Å². The van der Waals surface area contributed by atoms with Crippen molar-refractivity contribution in [3.63, 3.8) is 0 Å². The van der Waals surface area contributed by atoms with Crippen LogP contribution in [0.2, 0.25) is 0 Å². The Balaban J connectivity index is 2.36. The minimum absolute atomic E-state index is 0.115. The van der Waals surface area contributed by atoms with Gasteiger partial charge in [-0.05, 0) is 44.2 Å². The summed E-state index contributed by atoms with van der Waals surface area (Å²) in [6.45, 7) is 3.61. The fourth-order valence-corrected chi connectivity index (χ4v) is 1.90. The lowest BCUT2D eigenvalue weighted by Gasteiger charge is -2.10. The van der Waals surface area contributed by atoms with Gasteiger partial charge in [-0.15, -0.1) is 0 Å². The molecule has 0 radical (unpaired) electrons. The van der Waals surface area contributed by atoms with Crippen molar-refractivity contribution in [3.05, 3.63) is 69.9 Å². The summed E-state index contributed by atoms with van der Waals surface area (Å²) in [6, 6.07) is 7.22. The molecule has 0 saturated carbocycles. The van der Waals surface area contributed by atoms with Gasteiger partial charge in [0.2, 0.25) is 11.6 Å². The lowest BCUT2D eigenvalue weighted by molar-refractivity contribution is 0.0816. The molecule has 5 heteroatoms. The summed E-state index contributed by atoms with van der Waals surface area (Å²) in [5, 5.41) is 0. The first-order valence-corrected chi connectivity index (χ1v) is 6.47. The molecule has 108 valence electrons. The van der Waals surface area contributed by atoms with Crippen molar-refractivity contribution >= 4 is 11.6 Å². The van der Waals surface area contributed by atoms with E-state index in [1.54, 1.807) is 13.8 Å². The summed E-state index contributed by atoms with van der Waals surface area (Å²) in [5.74, 6) is -1.94.